The summed E-state index contributed by atoms with van der Waals surface area (Å²) in [7, 11) is -1.73. The highest BCUT2D eigenvalue weighted by Crippen LogP contribution is 2.14. The van der Waals surface area contributed by atoms with E-state index in [1.807, 2.05) is 24.3 Å². The van der Waals surface area contributed by atoms with Crippen molar-refractivity contribution >= 4 is 19.3 Å². The lowest BCUT2D eigenvalue weighted by Gasteiger charge is -2.23. The Morgan fingerprint density at radius 1 is 0.889 bits per heavy atom. The summed E-state index contributed by atoms with van der Waals surface area (Å²) >= 11 is 0. The van der Waals surface area contributed by atoms with Crippen LogP contribution in [0, 0.1) is 0 Å². The van der Waals surface area contributed by atoms with Crippen molar-refractivity contribution in [2.75, 3.05) is 0 Å². The minimum atomic E-state index is -1.73. The first kappa shape index (κ1) is 12.6. The second-order valence-electron chi connectivity index (χ2n) is 5.00. The van der Waals surface area contributed by atoms with Crippen LogP contribution in [0.5, 0.6) is 0 Å². The van der Waals surface area contributed by atoms with Gasteiger partial charge in [0.25, 0.3) is 0 Å². The highest BCUT2D eigenvalue weighted by molar-refractivity contribution is 6.95. The Hall–Kier alpha value is -1.80. The van der Waals surface area contributed by atoms with E-state index in [9.17, 15) is 0 Å². The molecule has 2 aromatic rings. The van der Waals surface area contributed by atoms with Crippen LogP contribution >= 0.6 is 0 Å². The third kappa shape index (κ3) is 2.71. The molecule has 2 aromatic carbocycles. The molecule has 0 aliphatic heterocycles. The zero-order valence-electron chi connectivity index (χ0n) is 10.9. The van der Waals surface area contributed by atoms with Gasteiger partial charge < -0.3 is 5.73 Å². The first-order chi connectivity index (χ1) is 8.60. The zero-order valence-corrected chi connectivity index (χ0v) is 11.9. The van der Waals surface area contributed by atoms with Crippen LogP contribution in [0.15, 0.2) is 66.0 Å². The smallest absolute Gasteiger partial charge is 0.131 e. The van der Waals surface area contributed by atoms with Crippen molar-refractivity contribution in [3.05, 3.63) is 71.5 Å². The molecule has 2 rings (SSSR count). The average molecular weight is 253 g/mol. The normalized spacial score (nSPS) is 12.4. The van der Waals surface area contributed by atoms with Crippen LogP contribution in [0.3, 0.4) is 0 Å². The van der Waals surface area contributed by atoms with E-state index in [2.05, 4.69) is 55.6 Å². The summed E-state index contributed by atoms with van der Waals surface area (Å²) in [5.74, 6) is 0. The average Bonchev–Trinajstić information content (AvgIpc) is 2.41. The Morgan fingerprint density at radius 2 is 1.39 bits per heavy atom. The Morgan fingerprint density at radius 3 is 1.94 bits per heavy atom. The van der Waals surface area contributed by atoms with Crippen molar-refractivity contribution < 1.29 is 0 Å². The van der Waals surface area contributed by atoms with Crippen LogP contribution in [0.2, 0.25) is 13.1 Å². The van der Waals surface area contributed by atoms with Gasteiger partial charge >= 0.3 is 0 Å². The molecule has 0 radical (unpaired) electrons. The summed E-state index contributed by atoms with van der Waals surface area (Å²) in [6.45, 7) is 4.58. The van der Waals surface area contributed by atoms with Crippen LogP contribution < -0.4 is 10.9 Å². The fraction of sp³-hybridized carbons (Fsp3) is 0.125. The SMILES string of the molecule is C[Si](C)(C(N)=Cc1ccccc1)c1ccccc1. The summed E-state index contributed by atoms with van der Waals surface area (Å²) in [4.78, 5) is 0. The first-order valence-electron chi connectivity index (χ1n) is 6.19. The van der Waals surface area contributed by atoms with E-state index in [-0.39, 0.29) is 0 Å². The molecule has 0 aliphatic carbocycles. The Labute approximate surface area is 110 Å². The Bertz CT molecular complexity index is 530. The van der Waals surface area contributed by atoms with Gasteiger partial charge in [-0.3, -0.25) is 0 Å². The van der Waals surface area contributed by atoms with Crippen LogP contribution in [0.1, 0.15) is 5.56 Å². The summed E-state index contributed by atoms with van der Waals surface area (Å²) < 4.78 is 0. The maximum absolute atomic E-state index is 6.34. The predicted octanol–water partition coefficient (Wildman–Crippen LogP) is 3.14. The molecule has 1 nitrogen and oxygen atoms in total. The van der Waals surface area contributed by atoms with E-state index in [1.165, 1.54) is 10.8 Å². The highest BCUT2D eigenvalue weighted by Gasteiger charge is 2.26. The number of rotatable bonds is 3. The second-order valence-corrected chi connectivity index (χ2v) is 9.41. The molecule has 0 saturated heterocycles. The summed E-state index contributed by atoms with van der Waals surface area (Å²) in [6.07, 6.45) is 2.11. The number of nitrogens with two attached hydrogens (primary N) is 1. The van der Waals surface area contributed by atoms with E-state index < -0.39 is 8.07 Å². The van der Waals surface area contributed by atoms with Gasteiger partial charge in [-0.25, -0.2) is 0 Å². The number of hydrogen-bond acceptors (Lipinski definition) is 1. The Kier molecular flexibility index (Phi) is 3.68. The molecule has 0 aliphatic rings. The second kappa shape index (κ2) is 5.23. The van der Waals surface area contributed by atoms with E-state index in [1.54, 1.807) is 0 Å². The van der Waals surface area contributed by atoms with Crippen molar-refractivity contribution in [2.24, 2.45) is 5.73 Å². The van der Waals surface area contributed by atoms with E-state index in [4.69, 9.17) is 5.73 Å². The molecule has 0 fully saturated rings. The van der Waals surface area contributed by atoms with Gasteiger partial charge in [0.05, 0.1) is 0 Å². The lowest BCUT2D eigenvalue weighted by atomic mass is 10.2. The van der Waals surface area contributed by atoms with Gasteiger partial charge in [0.2, 0.25) is 0 Å². The molecule has 0 atom stereocenters. The molecular formula is C16H19NSi. The molecule has 2 heteroatoms. The molecular weight excluding hydrogens is 234 g/mol. The van der Waals surface area contributed by atoms with Gasteiger partial charge in [0.1, 0.15) is 8.07 Å². The molecule has 0 saturated carbocycles. The molecule has 18 heavy (non-hydrogen) atoms. The standard InChI is InChI=1S/C16H19NSi/c1-18(2,15-11-7-4-8-12-15)16(17)13-14-9-5-3-6-10-14/h3-13H,17H2,1-2H3. The molecule has 0 spiro atoms. The van der Waals surface area contributed by atoms with Crippen molar-refractivity contribution in [3.8, 4) is 0 Å². The van der Waals surface area contributed by atoms with Crippen LogP contribution in [0.4, 0.5) is 0 Å². The summed E-state index contributed by atoms with van der Waals surface area (Å²) in [6, 6.07) is 20.8. The molecule has 0 amide bonds. The zero-order chi connectivity index (χ0) is 13.0. The van der Waals surface area contributed by atoms with Gasteiger partial charge in [-0.05, 0) is 17.0 Å². The first-order valence-corrected chi connectivity index (χ1v) is 9.19. The minimum absolute atomic E-state index is 1.01. The van der Waals surface area contributed by atoms with E-state index in [0.717, 1.165) is 5.32 Å². The van der Waals surface area contributed by atoms with Gasteiger partial charge in [-0.2, -0.15) is 0 Å². The maximum atomic E-state index is 6.34. The van der Waals surface area contributed by atoms with Gasteiger partial charge in [0, 0.05) is 0 Å². The van der Waals surface area contributed by atoms with Crippen LogP contribution in [-0.2, 0) is 0 Å². The van der Waals surface area contributed by atoms with Crippen molar-refractivity contribution in [3.63, 3.8) is 0 Å². The summed E-state index contributed by atoms with van der Waals surface area (Å²) in [5.41, 5.74) is 7.51. The summed E-state index contributed by atoms with van der Waals surface area (Å²) in [5, 5.41) is 2.38. The fourth-order valence-electron chi connectivity index (χ4n) is 1.93. The Balaban J connectivity index is 2.33. The predicted molar refractivity (Wildman–Crippen MR) is 82.2 cm³/mol. The fourth-order valence-corrected chi connectivity index (χ4v) is 3.82. The maximum Gasteiger partial charge on any atom is 0.131 e. The van der Waals surface area contributed by atoms with Crippen molar-refractivity contribution in [2.45, 2.75) is 13.1 Å². The molecule has 2 N–H and O–H groups in total. The third-order valence-electron chi connectivity index (χ3n) is 3.34. The molecule has 0 heterocycles. The highest BCUT2D eigenvalue weighted by atomic mass is 28.3. The van der Waals surface area contributed by atoms with E-state index in [0.29, 0.717) is 0 Å². The number of hydrogen-bond donors (Lipinski definition) is 1. The van der Waals surface area contributed by atoms with Gasteiger partial charge in [-0.15, -0.1) is 0 Å². The van der Waals surface area contributed by atoms with Crippen molar-refractivity contribution in [1.29, 1.82) is 0 Å². The van der Waals surface area contributed by atoms with Gasteiger partial charge in [-0.1, -0.05) is 78.9 Å². The lowest BCUT2D eigenvalue weighted by molar-refractivity contribution is 1.47. The molecule has 0 aromatic heterocycles. The topological polar surface area (TPSA) is 26.0 Å². The van der Waals surface area contributed by atoms with Crippen LogP contribution in [-0.4, -0.2) is 8.07 Å². The molecule has 92 valence electrons. The lowest BCUT2D eigenvalue weighted by Crippen LogP contribution is -2.46. The van der Waals surface area contributed by atoms with Crippen molar-refractivity contribution in [1.82, 2.24) is 0 Å². The number of benzene rings is 2. The monoisotopic (exact) mass is 253 g/mol. The third-order valence-corrected chi connectivity index (χ3v) is 6.70. The van der Waals surface area contributed by atoms with Crippen LogP contribution in [0.25, 0.3) is 6.08 Å². The molecule has 0 unspecified atom stereocenters. The quantitative estimate of drug-likeness (QED) is 0.836. The minimum Gasteiger partial charge on any atom is -0.405 e. The largest absolute Gasteiger partial charge is 0.405 e. The van der Waals surface area contributed by atoms with Gasteiger partial charge in [0.15, 0.2) is 0 Å². The molecule has 0 bridgehead atoms. The van der Waals surface area contributed by atoms with E-state index >= 15 is 0 Å².